The molecular weight excluding hydrogens is 382 g/mol. The molecule has 1 aliphatic carbocycles. The number of rotatable bonds is 4. The fraction of sp³-hybridized carbons (Fsp3) is 0.708. The summed E-state index contributed by atoms with van der Waals surface area (Å²) in [5.41, 5.74) is 1.30. The average molecular weight is 420 g/mol. The lowest BCUT2D eigenvalue weighted by Crippen LogP contribution is -2.58. The summed E-state index contributed by atoms with van der Waals surface area (Å²) in [6, 6.07) is 11.2. The van der Waals surface area contributed by atoms with Gasteiger partial charge in [-0.15, -0.1) is 12.4 Å². The van der Waals surface area contributed by atoms with Crippen LogP contribution in [0.2, 0.25) is 0 Å². The zero-order valence-corrected chi connectivity index (χ0v) is 19.1. The summed E-state index contributed by atoms with van der Waals surface area (Å²) >= 11 is 0. The van der Waals surface area contributed by atoms with Gasteiger partial charge in [0.15, 0.2) is 0 Å². The van der Waals surface area contributed by atoms with Crippen LogP contribution in [0.15, 0.2) is 30.3 Å². The zero-order chi connectivity index (χ0) is 19.8. The highest BCUT2D eigenvalue weighted by atomic mass is 35.5. The Morgan fingerprint density at radius 2 is 1.69 bits per heavy atom. The van der Waals surface area contributed by atoms with Crippen LogP contribution in [0.1, 0.15) is 65.7 Å². The second-order valence-corrected chi connectivity index (χ2v) is 9.84. The third kappa shape index (κ3) is 4.16. The molecule has 4 rings (SSSR count). The first-order chi connectivity index (χ1) is 13.5. The molecule has 3 aliphatic rings. The van der Waals surface area contributed by atoms with E-state index in [1.165, 1.54) is 32.1 Å². The Hall–Kier alpha value is -1.26. The van der Waals surface area contributed by atoms with Gasteiger partial charge < -0.3 is 15.1 Å². The first-order valence-electron chi connectivity index (χ1n) is 11.3. The maximum Gasteiger partial charge on any atom is 0.247 e. The maximum atomic E-state index is 12.8. The van der Waals surface area contributed by atoms with E-state index in [2.05, 4.69) is 60.2 Å². The molecule has 4 nitrogen and oxygen atoms in total. The molecule has 0 aromatic heterocycles. The highest BCUT2D eigenvalue weighted by Gasteiger charge is 2.51. The second kappa shape index (κ2) is 8.85. The molecule has 0 atom stereocenters. The molecular formula is C24H38ClN3O. The van der Waals surface area contributed by atoms with Gasteiger partial charge >= 0.3 is 0 Å². The van der Waals surface area contributed by atoms with Crippen molar-refractivity contribution in [2.45, 2.75) is 77.3 Å². The van der Waals surface area contributed by atoms with E-state index in [-0.39, 0.29) is 23.9 Å². The number of nitrogens with zero attached hydrogens (tertiary/aromatic N) is 2. The number of piperidine rings is 1. The van der Waals surface area contributed by atoms with Crippen LogP contribution in [-0.2, 0) is 4.79 Å². The lowest BCUT2D eigenvalue weighted by molar-refractivity contribution is -0.125. The Balaban J connectivity index is 0.00000240. The van der Waals surface area contributed by atoms with E-state index >= 15 is 0 Å². The summed E-state index contributed by atoms with van der Waals surface area (Å²) in [6.07, 6.45) is 8.54. The number of halogens is 1. The normalized spacial score (nSPS) is 27.6. The molecule has 0 bridgehead atoms. The van der Waals surface area contributed by atoms with Crippen LogP contribution >= 0.6 is 12.4 Å². The summed E-state index contributed by atoms with van der Waals surface area (Å²) in [7, 11) is 0. The molecule has 5 heteroatoms. The number of nitrogens with one attached hydrogen (secondary N) is 1. The van der Waals surface area contributed by atoms with Crippen molar-refractivity contribution in [3.05, 3.63) is 30.3 Å². The van der Waals surface area contributed by atoms with Gasteiger partial charge in [0.05, 0.1) is 6.67 Å². The molecule has 0 unspecified atom stereocenters. The number of carbonyl (C=O) groups is 1. The highest BCUT2D eigenvalue weighted by Crippen LogP contribution is 2.43. The molecule has 2 aliphatic heterocycles. The monoisotopic (exact) mass is 419 g/mol. The lowest BCUT2D eigenvalue weighted by Gasteiger charge is -2.48. The molecule has 0 radical (unpaired) electrons. The first kappa shape index (κ1) is 22.4. The SMILES string of the molecule is CCC(C)(C)[C@H]1CC[C@H](N2CCC3(CC2)C(=O)NCN3c2ccccc2)CC1.Cl. The van der Waals surface area contributed by atoms with Gasteiger partial charge in [-0.1, -0.05) is 45.4 Å². The smallest absolute Gasteiger partial charge is 0.247 e. The maximum absolute atomic E-state index is 12.8. The van der Waals surface area contributed by atoms with Crippen LogP contribution in [-0.4, -0.2) is 42.1 Å². The van der Waals surface area contributed by atoms with Gasteiger partial charge in [0, 0.05) is 24.8 Å². The summed E-state index contributed by atoms with van der Waals surface area (Å²) in [6.45, 7) is 9.95. The zero-order valence-electron chi connectivity index (χ0n) is 18.3. The van der Waals surface area contributed by atoms with Crippen molar-refractivity contribution < 1.29 is 4.79 Å². The van der Waals surface area contributed by atoms with Crippen molar-refractivity contribution in [3.63, 3.8) is 0 Å². The lowest BCUT2D eigenvalue weighted by atomic mass is 9.68. The van der Waals surface area contributed by atoms with E-state index in [0.29, 0.717) is 12.1 Å². The van der Waals surface area contributed by atoms with Gasteiger partial charge in [0.1, 0.15) is 5.54 Å². The minimum Gasteiger partial charge on any atom is -0.339 e. The van der Waals surface area contributed by atoms with E-state index in [9.17, 15) is 4.79 Å². The van der Waals surface area contributed by atoms with Crippen molar-refractivity contribution in [2.24, 2.45) is 11.3 Å². The fourth-order valence-corrected chi connectivity index (χ4v) is 5.80. The van der Waals surface area contributed by atoms with Crippen LogP contribution in [0.5, 0.6) is 0 Å². The number of amides is 1. The summed E-state index contributed by atoms with van der Waals surface area (Å²) in [5, 5.41) is 3.12. The standard InChI is InChI=1S/C24H37N3O.ClH/c1-4-23(2,3)19-10-12-20(13-11-19)26-16-14-24(15-17-26)22(28)25-18-27(24)21-8-6-5-7-9-21;/h5-9,19-20H,4,10-18H2,1-3H3,(H,25,28);1H/t19-,20-;. The minimum absolute atomic E-state index is 0. The topological polar surface area (TPSA) is 35.6 Å². The van der Waals surface area contributed by atoms with E-state index in [4.69, 9.17) is 0 Å². The van der Waals surface area contributed by atoms with Gasteiger partial charge in [-0.2, -0.15) is 0 Å². The van der Waals surface area contributed by atoms with E-state index in [1.54, 1.807) is 0 Å². The van der Waals surface area contributed by atoms with Gasteiger partial charge in [0.2, 0.25) is 5.91 Å². The van der Waals surface area contributed by atoms with E-state index in [0.717, 1.165) is 43.6 Å². The predicted molar refractivity (Wildman–Crippen MR) is 123 cm³/mol. The molecule has 3 fully saturated rings. The summed E-state index contributed by atoms with van der Waals surface area (Å²) in [4.78, 5) is 17.8. The van der Waals surface area contributed by atoms with Crippen LogP contribution in [0.3, 0.4) is 0 Å². The van der Waals surface area contributed by atoms with Gasteiger partial charge in [-0.3, -0.25) is 4.79 Å². The van der Waals surface area contributed by atoms with Crippen molar-refractivity contribution in [3.8, 4) is 0 Å². The number of carbonyl (C=O) groups excluding carboxylic acids is 1. The van der Waals surface area contributed by atoms with Crippen molar-refractivity contribution in [1.29, 1.82) is 0 Å². The van der Waals surface area contributed by atoms with Crippen LogP contribution < -0.4 is 10.2 Å². The van der Waals surface area contributed by atoms with Gasteiger partial charge in [-0.25, -0.2) is 0 Å². The number of benzene rings is 1. The Morgan fingerprint density at radius 3 is 2.28 bits per heavy atom. The van der Waals surface area contributed by atoms with Crippen molar-refractivity contribution in [1.82, 2.24) is 10.2 Å². The predicted octanol–water partition coefficient (Wildman–Crippen LogP) is 4.83. The molecule has 1 spiro atoms. The summed E-state index contributed by atoms with van der Waals surface area (Å²) in [5.74, 6) is 1.10. The van der Waals surface area contributed by atoms with Crippen LogP contribution in [0, 0.1) is 11.3 Å². The molecule has 29 heavy (non-hydrogen) atoms. The average Bonchev–Trinajstić information content (AvgIpc) is 3.05. The minimum atomic E-state index is -0.348. The molecule has 1 aromatic rings. The highest BCUT2D eigenvalue weighted by molar-refractivity contribution is 5.93. The molecule has 1 amide bonds. The fourth-order valence-electron chi connectivity index (χ4n) is 5.80. The van der Waals surface area contributed by atoms with Crippen molar-refractivity contribution >= 4 is 24.0 Å². The largest absolute Gasteiger partial charge is 0.339 e. The Labute approximate surface area is 182 Å². The van der Waals surface area contributed by atoms with E-state index in [1.807, 2.05) is 6.07 Å². The molecule has 2 saturated heterocycles. The molecule has 2 heterocycles. The second-order valence-electron chi connectivity index (χ2n) is 9.84. The number of hydrogen-bond acceptors (Lipinski definition) is 3. The van der Waals surface area contributed by atoms with Crippen LogP contribution in [0.25, 0.3) is 0 Å². The van der Waals surface area contributed by atoms with E-state index < -0.39 is 0 Å². The van der Waals surface area contributed by atoms with Crippen molar-refractivity contribution in [2.75, 3.05) is 24.7 Å². The van der Waals surface area contributed by atoms with Gasteiger partial charge in [0.25, 0.3) is 0 Å². The molecule has 162 valence electrons. The molecule has 1 saturated carbocycles. The Kier molecular flexibility index (Phi) is 6.84. The third-order valence-corrected chi connectivity index (χ3v) is 8.26. The number of para-hydroxylation sites is 1. The van der Waals surface area contributed by atoms with Gasteiger partial charge in [-0.05, 0) is 62.0 Å². The number of anilines is 1. The molecule has 1 N–H and O–H groups in total. The third-order valence-electron chi connectivity index (χ3n) is 8.26. The molecule has 1 aromatic carbocycles. The van der Waals surface area contributed by atoms with Crippen LogP contribution in [0.4, 0.5) is 5.69 Å². The Bertz CT molecular complexity index is 677. The summed E-state index contributed by atoms with van der Waals surface area (Å²) < 4.78 is 0. The quantitative estimate of drug-likeness (QED) is 0.758. The number of likely N-dealkylation sites (tertiary alicyclic amines) is 1. The first-order valence-corrected chi connectivity index (χ1v) is 11.3. The Morgan fingerprint density at radius 1 is 1.07 bits per heavy atom. The number of hydrogen-bond donors (Lipinski definition) is 1.